The predicted octanol–water partition coefficient (Wildman–Crippen LogP) is 1.63. The first-order chi connectivity index (χ1) is 9.60. The molecule has 102 valence electrons. The number of nitrogens with two attached hydrogens (primary N) is 1. The molecular weight excluding hydrogens is 256 g/mol. The van der Waals surface area contributed by atoms with E-state index in [0.717, 1.165) is 0 Å². The topological polar surface area (TPSA) is 101 Å². The van der Waals surface area contributed by atoms with Crippen molar-refractivity contribution >= 4 is 17.6 Å². The molecule has 6 heteroatoms. The summed E-state index contributed by atoms with van der Waals surface area (Å²) in [5.41, 5.74) is 6.34. The summed E-state index contributed by atoms with van der Waals surface area (Å²) in [6.07, 6.45) is 1.44. The van der Waals surface area contributed by atoms with Crippen LogP contribution in [0.4, 0.5) is 5.82 Å². The third-order valence-corrected chi connectivity index (χ3v) is 2.67. The summed E-state index contributed by atoms with van der Waals surface area (Å²) < 4.78 is 5.03. The Bertz CT molecular complexity index is 621. The van der Waals surface area contributed by atoms with Crippen LogP contribution in [0.1, 0.15) is 15.9 Å². The zero-order chi connectivity index (χ0) is 14.5. The zero-order valence-electron chi connectivity index (χ0n) is 10.9. The maximum absolute atomic E-state index is 12.0. The number of carbonyl (C=O) groups excluding carboxylic acids is 1. The Morgan fingerprint density at radius 3 is 2.35 bits per heavy atom. The molecule has 0 saturated heterocycles. The van der Waals surface area contributed by atoms with Crippen LogP contribution in [0.25, 0.3) is 0 Å². The number of hydrogen-bond donors (Lipinski definition) is 3. The molecule has 1 heterocycles. The highest BCUT2D eigenvalue weighted by Gasteiger charge is 2.07. The van der Waals surface area contributed by atoms with E-state index < -0.39 is 0 Å². The highest BCUT2D eigenvalue weighted by Crippen LogP contribution is 2.13. The Hall–Kier alpha value is -2.89. The largest absolute Gasteiger partial charge is 0.497 e. The minimum atomic E-state index is -0.268. The fourth-order valence-electron chi connectivity index (χ4n) is 1.56. The first-order valence-corrected chi connectivity index (χ1v) is 5.86. The Balaban J connectivity index is 2.08. The van der Waals surface area contributed by atoms with Crippen molar-refractivity contribution in [3.8, 4) is 5.75 Å². The quantitative estimate of drug-likeness (QED) is 0.580. The average Bonchev–Trinajstić information content (AvgIpc) is 2.48. The van der Waals surface area contributed by atoms with Gasteiger partial charge < -0.3 is 15.8 Å². The third-order valence-electron chi connectivity index (χ3n) is 2.67. The number of anilines is 1. The number of nitrogens with one attached hydrogen (secondary N) is 2. The highest BCUT2D eigenvalue weighted by molar-refractivity contribution is 6.04. The van der Waals surface area contributed by atoms with Crippen molar-refractivity contribution in [1.82, 2.24) is 4.98 Å². The van der Waals surface area contributed by atoms with E-state index in [1.165, 1.54) is 6.20 Å². The lowest BCUT2D eigenvalue weighted by Gasteiger charge is -2.06. The molecule has 6 nitrogen and oxygen atoms in total. The van der Waals surface area contributed by atoms with Crippen molar-refractivity contribution in [2.45, 2.75) is 0 Å². The number of carbonyl (C=O) groups is 1. The molecule has 0 spiro atoms. The first-order valence-electron chi connectivity index (χ1n) is 5.86. The summed E-state index contributed by atoms with van der Waals surface area (Å²) in [4.78, 5) is 16.0. The monoisotopic (exact) mass is 270 g/mol. The predicted molar refractivity (Wildman–Crippen MR) is 76.2 cm³/mol. The number of nitrogens with zero attached hydrogens (tertiary/aromatic N) is 1. The molecular formula is C14H14N4O2. The molecule has 4 N–H and O–H groups in total. The van der Waals surface area contributed by atoms with Gasteiger partial charge in [-0.2, -0.15) is 0 Å². The second-order valence-corrected chi connectivity index (χ2v) is 4.03. The third kappa shape index (κ3) is 3.11. The van der Waals surface area contributed by atoms with Crippen molar-refractivity contribution in [3.05, 3.63) is 53.7 Å². The second kappa shape index (κ2) is 5.83. The molecule has 2 aromatic rings. The zero-order valence-corrected chi connectivity index (χ0v) is 10.9. The Labute approximate surface area is 116 Å². The SMILES string of the molecule is COc1ccc(C(=O)Nc2ccc(C(=N)N)cn2)cc1. The van der Waals surface area contributed by atoms with Gasteiger partial charge in [-0.1, -0.05) is 0 Å². The highest BCUT2D eigenvalue weighted by atomic mass is 16.5. The lowest BCUT2D eigenvalue weighted by molar-refractivity contribution is 0.102. The van der Waals surface area contributed by atoms with E-state index in [2.05, 4.69) is 10.3 Å². The van der Waals surface area contributed by atoms with E-state index in [4.69, 9.17) is 15.9 Å². The van der Waals surface area contributed by atoms with Crippen molar-refractivity contribution in [2.24, 2.45) is 5.73 Å². The lowest BCUT2D eigenvalue weighted by atomic mass is 10.2. The van der Waals surface area contributed by atoms with Crippen LogP contribution in [-0.2, 0) is 0 Å². The minimum absolute atomic E-state index is 0.0643. The van der Waals surface area contributed by atoms with Gasteiger partial charge in [-0.05, 0) is 36.4 Å². The molecule has 0 bridgehead atoms. The molecule has 2 rings (SSSR count). The van der Waals surface area contributed by atoms with Crippen LogP contribution >= 0.6 is 0 Å². The number of pyridine rings is 1. The van der Waals surface area contributed by atoms with Gasteiger partial charge in [0.15, 0.2) is 0 Å². The summed E-state index contributed by atoms with van der Waals surface area (Å²) in [7, 11) is 1.57. The fraction of sp³-hybridized carbons (Fsp3) is 0.0714. The standard InChI is InChI=1S/C14H14N4O2/c1-20-11-5-2-9(3-6-11)14(19)18-12-7-4-10(8-17-12)13(15)16/h2-8H,1H3,(H3,15,16)(H,17,18,19). The summed E-state index contributed by atoms with van der Waals surface area (Å²) >= 11 is 0. The van der Waals surface area contributed by atoms with Gasteiger partial charge in [0.2, 0.25) is 0 Å². The molecule has 0 saturated carbocycles. The van der Waals surface area contributed by atoms with E-state index in [0.29, 0.717) is 22.7 Å². The first kappa shape index (κ1) is 13.5. The molecule has 0 fully saturated rings. The summed E-state index contributed by atoms with van der Waals surface area (Å²) in [5, 5.41) is 9.92. The molecule has 0 radical (unpaired) electrons. The van der Waals surface area contributed by atoms with E-state index in [-0.39, 0.29) is 11.7 Å². The van der Waals surface area contributed by atoms with Crippen LogP contribution in [-0.4, -0.2) is 23.8 Å². The number of nitrogen functional groups attached to an aromatic ring is 1. The van der Waals surface area contributed by atoms with E-state index in [9.17, 15) is 4.79 Å². The van der Waals surface area contributed by atoms with Gasteiger partial charge in [0.25, 0.3) is 5.91 Å². The van der Waals surface area contributed by atoms with Gasteiger partial charge in [0.05, 0.1) is 7.11 Å². The van der Waals surface area contributed by atoms with Gasteiger partial charge in [-0.15, -0.1) is 0 Å². The molecule has 0 aliphatic heterocycles. The van der Waals surface area contributed by atoms with Crippen molar-refractivity contribution < 1.29 is 9.53 Å². The second-order valence-electron chi connectivity index (χ2n) is 4.03. The van der Waals surface area contributed by atoms with Crippen molar-refractivity contribution in [1.29, 1.82) is 5.41 Å². The molecule has 1 aromatic heterocycles. The van der Waals surface area contributed by atoms with Crippen LogP contribution in [0.5, 0.6) is 5.75 Å². The molecule has 0 aliphatic rings. The van der Waals surface area contributed by atoms with Gasteiger partial charge in [0.1, 0.15) is 17.4 Å². The molecule has 0 atom stereocenters. The van der Waals surface area contributed by atoms with Crippen LogP contribution in [0.3, 0.4) is 0 Å². The molecule has 0 unspecified atom stereocenters. The van der Waals surface area contributed by atoms with Crippen LogP contribution in [0.2, 0.25) is 0 Å². The van der Waals surface area contributed by atoms with E-state index in [1.807, 2.05) is 0 Å². The van der Waals surface area contributed by atoms with E-state index >= 15 is 0 Å². The number of methoxy groups -OCH3 is 1. The average molecular weight is 270 g/mol. The molecule has 0 aliphatic carbocycles. The summed E-state index contributed by atoms with van der Waals surface area (Å²) in [5.74, 6) is 0.752. The Morgan fingerprint density at radius 2 is 1.85 bits per heavy atom. The fourth-order valence-corrected chi connectivity index (χ4v) is 1.56. The van der Waals surface area contributed by atoms with Gasteiger partial charge >= 0.3 is 0 Å². The van der Waals surface area contributed by atoms with Crippen LogP contribution in [0.15, 0.2) is 42.6 Å². The molecule has 1 aromatic carbocycles. The van der Waals surface area contributed by atoms with Gasteiger partial charge in [-0.25, -0.2) is 4.98 Å². The number of rotatable bonds is 4. The normalized spacial score (nSPS) is 9.85. The Morgan fingerprint density at radius 1 is 1.20 bits per heavy atom. The number of amidine groups is 1. The van der Waals surface area contributed by atoms with Crippen LogP contribution < -0.4 is 15.8 Å². The number of hydrogen-bond acceptors (Lipinski definition) is 4. The van der Waals surface area contributed by atoms with Gasteiger partial charge in [0, 0.05) is 17.3 Å². The van der Waals surface area contributed by atoms with Crippen molar-refractivity contribution in [3.63, 3.8) is 0 Å². The van der Waals surface area contributed by atoms with Crippen molar-refractivity contribution in [2.75, 3.05) is 12.4 Å². The van der Waals surface area contributed by atoms with Crippen LogP contribution in [0, 0.1) is 5.41 Å². The number of ether oxygens (including phenoxy) is 1. The minimum Gasteiger partial charge on any atom is -0.497 e. The molecule has 20 heavy (non-hydrogen) atoms. The number of aromatic nitrogens is 1. The smallest absolute Gasteiger partial charge is 0.256 e. The number of benzene rings is 1. The number of amides is 1. The summed E-state index contributed by atoms with van der Waals surface area (Å²) in [6, 6.07) is 9.97. The summed E-state index contributed by atoms with van der Waals surface area (Å²) in [6.45, 7) is 0. The lowest BCUT2D eigenvalue weighted by Crippen LogP contribution is -2.14. The maximum Gasteiger partial charge on any atom is 0.256 e. The maximum atomic E-state index is 12.0. The Kier molecular flexibility index (Phi) is 3.95. The van der Waals surface area contributed by atoms with Gasteiger partial charge in [-0.3, -0.25) is 10.2 Å². The molecule has 1 amide bonds. The van der Waals surface area contributed by atoms with E-state index in [1.54, 1.807) is 43.5 Å².